The monoisotopic (exact) mass is 462 g/mol. The molecule has 0 aliphatic heterocycles. The second-order valence-electron chi connectivity index (χ2n) is 9.88. The van der Waals surface area contributed by atoms with Crippen LogP contribution < -0.4 is 0 Å². The molecule has 0 aliphatic rings. The Labute approximate surface area is 197 Å². The number of hydrogen-bond acceptors (Lipinski definition) is 6. The van der Waals surface area contributed by atoms with Crippen molar-refractivity contribution in [3.63, 3.8) is 0 Å². The molecule has 0 radical (unpaired) electrons. The minimum atomic E-state index is -1.67. The standard InChI is InChI=1S/C26H54O6/c1-3-5-6-7-8-9-10-11-12-13-14-15-17-23(16-4-2)26(32,18-24(31)19-27)25(20-28,21-29)22-30/h23-24,27-32H,3-22H2,1-2H3. The first-order chi connectivity index (χ1) is 15.4. The van der Waals surface area contributed by atoms with Crippen molar-refractivity contribution in [2.75, 3.05) is 26.4 Å². The van der Waals surface area contributed by atoms with Crippen LogP contribution in [0.25, 0.3) is 0 Å². The molecule has 0 amide bonds. The van der Waals surface area contributed by atoms with Gasteiger partial charge in [-0.2, -0.15) is 0 Å². The van der Waals surface area contributed by atoms with Gasteiger partial charge in [-0.25, -0.2) is 0 Å². The summed E-state index contributed by atoms with van der Waals surface area (Å²) in [6.45, 7) is 1.97. The minimum absolute atomic E-state index is 0.186. The molecule has 0 aromatic heterocycles. The highest BCUT2D eigenvalue weighted by molar-refractivity contribution is 5.03. The molecule has 6 nitrogen and oxygen atoms in total. The van der Waals surface area contributed by atoms with Crippen LogP contribution in [-0.4, -0.2) is 68.8 Å². The Morgan fingerprint density at radius 1 is 0.594 bits per heavy atom. The van der Waals surface area contributed by atoms with Crippen LogP contribution >= 0.6 is 0 Å². The van der Waals surface area contributed by atoms with Gasteiger partial charge in [0.1, 0.15) is 0 Å². The van der Waals surface area contributed by atoms with Crippen LogP contribution in [0.5, 0.6) is 0 Å². The van der Waals surface area contributed by atoms with Gasteiger partial charge in [0.25, 0.3) is 0 Å². The summed E-state index contributed by atoms with van der Waals surface area (Å²) in [4.78, 5) is 0. The normalized spacial score (nSPS) is 16.1. The zero-order valence-corrected chi connectivity index (χ0v) is 21.0. The first-order valence-corrected chi connectivity index (χ1v) is 13.2. The van der Waals surface area contributed by atoms with Crippen LogP contribution in [0, 0.1) is 11.3 Å². The van der Waals surface area contributed by atoms with E-state index in [1.165, 1.54) is 57.8 Å². The number of unbranched alkanes of at least 4 members (excludes halogenated alkanes) is 11. The molecular weight excluding hydrogens is 408 g/mol. The Morgan fingerprint density at radius 3 is 1.41 bits per heavy atom. The van der Waals surface area contributed by atoms with Gasteiger partial charge >= 0.3 is 0 Å². The highest BCUT2D eigenvalue weighted by atomic mass is 16.3. The fraction of sp³-hybridized carbons (Fsp3) is 1.00. The van der Waals surface area contributed by atoms with Crippen molar-refractivity contribution < 1.29 is 30.6 Å². The largest absolute Gasteiger partial charge is 0.395 e. The molecular formula is C26H54O6. The Balaban J connectivity index is 4.66. The molecule has 3 atom stereocenters. The van der Waals surface area contributed by atoms with Crippen molar-refractivity contribution in [1.29, 1.82) is 0 Å². The molecule has 194 valence electrons. The molecule has 0 spiro atoms. The first-order valence-electron chi connectivity index (χ1n) is 13.2. The van der Waals surface area contributed by atoms with Crippen molar-refractivity contribution in [1.82, 2.24) is 0 Å². The molecule has 0 fully saturated rings. The van der Waals surface area contributed by atoms with Gasteiger partial charge in [-0.3, -0.25) is 0 Å². The molecule has 6 heteroatoms. The Morgan fingerprint density at radius 2 is 1.03 bits per heavy atom. The SMILES string of the molecule is CCCCCCCCCCCCCCC(CCC)C(O)(CC(O)CO)C(CO)(CO)CO. The quantitative estimate of drug-likeness (QED) is 0.128. The van der Waals surface area contributed by atoms with Crippen LogP contribution in [0.1, 0.15) is 117 Å². The molecule has 6 N–H and O–H groups in total. The van der Waals surface area contributed by atoms with E-state index in [1.807, 2.05) is 6.92 Å². The lowest BCUT2D eigenvalue weighted by molar-refractivity contribution is -0.200. The van der Waals surface area contributed by atoms with E-state index in [1.54, 1.807) is 0 Å². The molecule has 3 unspecified atom stereocenters. The average Bonchev–Trinajstić information content (AvgIpc) is 2.80. The predicted octanol–water partition coefficient (Wildman–Crippen LogP) is 3.93. The van der Waals surface area contributed by atoms with E-state index in [2.05, 4.69) is 6.92 Å². The fourth-order valence-electron chi connectivity index (χ4n) is 5.00. The Kier molecular flexibility index (Phi) is 19.0. The smallest absolute Gasteiger partial charge is 0.0823 e. The van der Waals surface area contributed by atoms with E-state index in [0.29, 0.717) is 12.8 Å². The maximum atomic E-state index is 11.6. The van der Waals surface area contributed by atoms with E-state index < -0.39 is 43.5 Å². The van der Waals surface area contributed by atoms with E-state index in [0.717, 1.165) is 25.7 Å². The Hall–Kier alpha value is -0.240. The number of hydrogen-bond donors (Lipinski definition) is 6. The van der Waals surface area contributed by atoms with Gasteiger partial charge in [0.2, 0.25) is 0 Å². The summed E-state index contributed by atoms with van der Waals surface area (Å²) in [5.74, 6) is -0.289. The topological polar surface area (TPSA) is 121 Å². The molecule has 0 saturated heterocycles. The molecule has 0 aromatic carbocycles. The third kappa shape index (κ3) is 10.8. The van der Waals surface area contributed by atoms with Gasteiger partial charge in [0, 0.05) is 6.42 Å². The van der Waals surface area contributed by atoms with Crippen molar-refractivity contribution in [3.8, 4) is 0 Å². The summed E-state index contributed by atoms with van der Waals surface area (Å²) in [7, 11) is 0. The van der Waals surface area contributed by atoms with Crippen LogP contribution in [0.15, 0.2) is 0 Å². The van der Waals surface area contributed by atoms with Gasteiger partial charge in [-0.1, -0.05) is 97.3 Å². The maximum Gasteiger partial charge on any atom is 0.0823 e. The van der Waals surface area contributed by atoms with Crippen LogP contribution in [0.4, 0.5) is 0 Å². The van der Waals surface area contributed by atoms with Gasteiger partial charge in [0.05, 0.1) is 43.5 Å². The van der Waals surface area contributed by atoms with Gasteiger partial charge < -0.3 is 30.6 Å². The molecule has 0 saturated carbocycles. The average molecular weight is 463 g/mol. The molecule has 0 heterocycles. The van der Waals surface area contributed by atoms with Crippen molar-refractivity contribution in [3.05, 3.63) is 0 Å². The molecule has 0 rings (SSSR count). The second-order valence-corrected chi connectivity index (χ2v) is 9.88. The van der Waals surface area contributed by atoms with Gasteiger partial charge in [-0.15, -0.1) is 0 Å². The Bertz CT molecular complexity index is 407. The van der Waals surface area contributed by atoms with Gasteiger partial charge in [0.15, 0.2) is 0 Å². The highest BCUT2D eigenvalue weighted by Gasteiger charge is 2.54. The fourth-order valence-corrected chi connectivity index (χ4v) is 5.00. The van der Waals surface area contributed by atoms with Crippen molar-refractivity contribution in [2.45, 2.75) is 128 Å². The lowest BCUT2D eigenvalue weighted by atomic mass is 9.62. The van der Waals surface area contributed by atoms with E-state index in [-0.39, 0.29) is 12.3 Å². The minimum Gasteiger partial charge on any atom is -0.395 e. The zero-order valence-electron chi connectivity index (χ0n) is 21.0. The van der Waals surface area contributed by atoms with Crippen LogP contribution in [0.3, 0.4) is 0 Å². The summed E-state index contributed by atoms with van der Waals surface area (Å²) >= 11 is 0. The highest BCUT2D eigenvalue weighted by Crippen LogP contribution is 2.44. The van der Waals surface area contributed by atoms with E-state index in [4.69, 9.17) is 0 Å². The summed E-state index contributed by atoms with van der Waals surface area (Å²) < 4.78 is 0. The van der Waals surface area contributed by atoms with Crippen LogP contribution in [-0.2, 0) is 0 Å². The summed E-state index contributed by atoms with van der Waals surface area (Å²) in [6, 6.07) is 0. The number of rotatable bonds is 23. The predicted molar refractivity (Wildman–Crippen MR) is 130 cm³/mol. The second kappa shape index (κ2) is 19.1. The first kappa shape index (κ1) is 31.8. The molecule has 32 heavy (non-hydrogen) atoms. The maximum absolute atomic E-state index is 11.6. The summed E-state index contributed by atoms with van der Waals surface area (Å²) in [6.07, 6.45) is 15.7. The number of aliphatic hydroxyl groups excluding tert-OH is 5. The van der Waals surface area contributed by atoms with Gasteiger partial charge in [-0.05, 0) is 18.8 Å². The van der Waals surface area contributed by atoms with E-state index in [9.17, 15) is 30.6 Å². The lowest BCUT2D eigenvalue weighted by Gasteiger charge is -2.50. The van der Waals surface area contributed by atoms with Crippen LogP contribution in [0.2, 0.25) is 0 Å². The third-order valence-electron chi connectivity index (χ3n) is 7.30. The summed E-state index contributed by atoms with van der Waals surface area (Å²) in [5, 5.41) is 60.9. The molecule has 0 aromatic rings. The number of aliphatic hydroxyl groups is 6. The van der Waals surface area contributed by atoms with Crippen molar-refractivity contribution in [2.24, 2.45) is 11.3 Å². The van der Waals surface area contributed by atoms with E-state index >= 15 is 0 Å². The molecule has 0 bridgehead atoms. The molecule has 0 aliphatic carbocycles. The summed E-state index contributed by atoms with van der Waals surface area (Å²) in [5.41, 5.74) is -3.19. The third-order valence-corrected chi connectivity index (χ3v) is 7.30. The zero-order chi connectivity index (χ0) is 24.3. The lowest BCUT2D eigenvalue weighted by Crippen LogP contribution is -2.61. The van der Waals surface area contributed by atoms with Crippen molar-refractivity contribution >= 4 is 0 Å².